The zero-order chi connectivity index (χ0) is 19.9. The predicted molar refractivity (Wildman–Crippen MR) is 112 cm³/mol. The minimum absolute atomic E-state index is 0.0527. The highest BCUT2D eigenvalue weighted by Crippen LogP contribution is 2.26. The number of carbonyl (C=O) groups is 1. The van der Waals surface area contributed by atoms with Crippen molar-refractivity contribution in [3.05, 3.63) is 59.8 Å². The van der Waals surface area contributed by atoms with Crippen molar-refractivity contribution in [2.75, 3.05) is 20.3 Å². The van der Waals surface area contributed by atoms with Gasteiger partial charge in [-0.1, -0.05) is 31.5 Å². The number of amides is 1. The van der Waals surface area contributed by atoms with Gasteiger partial charge in [-0.25, -0.2) is 0 Å². The lowest BCUT2D eigenvalue weighted by atomic mass is 10.1. The zero-order valence-corrected chi connectivity index (χ0v) is 16.8. The molecule has 0 unspecified atom stereocenters. The van der Waals surface area contributed by atoms with E-state index in [1.165, 1.54) is 0 Å². The van der Waals surface area contributed by atoms with Gasteiger partial charge in [-0.3, -0.25) is 4.79 Å². The van der Waals surface area contributed by atoms with Crippen LogP contribution in [0.25, 0.3) is 10.9 Å². The van der Waals surface area contributed by atoms with Gasteiger partial charge in [0, 0.05) is 17.4 Å². The van der Waals surface area contributed by atoms with Crippen molar-refractivity contribution >= 4 is 16.8 Å². The number of aromatic nitrogens is 1. The third-order valence-corrected chi connectivity index (χ3v) is 4.89. The monoisotopic (exact) mass is 380 g/mol. The van der Waals surface area contributed by atoms with Gasteiger partial charge in [-0.05, 0) is 49.2 Å². The van der Waals surface area contributed by atoms with Crippen molar-refractivity contribution in [3.63, 3.8) is 0 Å². The van der Waals surface area contributed by atoms with Crippen LogP contribution in [-0.4, -0.2) is 30.7 Å². The van der Waals surface area contributed by atoms with E-state index in [-0.39, 0.29) is 5.91 Å². The Hall–Kier alpha value is -2.95. The summed E-state index contributed by atoms with van der Waals surface area (Å²) in [5.41, 5.74) is 2.90. The highest BCUT2D eigenvalue weighted by molar-refractivity contribution is 6.01. The van der Waals surface area contributed by atoms with Crippen molar-refractivity contribution in [1.29, 1.82) is 0 Å². The molecule has 2 aromatic carbocycles. The molecule has 0 aliphatic carbocycles. The summed E-state index contributed by atoms with van der Waals surface area (Å²) in [7, 11) is 1.63. The van der Waals surface area contributed by atoms with Crippen LogP contribution in [0.15, 0.2) is 48.5 Å². The number of aryl methyl sites for hydroxylation is 2. The van der Waals surface area contributed by atoms with E-state index in [0.29, 0.717) is 13.2 Å². The lowest BCUT2D eigenvalue weighted by Crippen LogP contribution is -2.30. The minimum Gasteiger partial charge on any atom is -0.497 e. The maximum Gasteiger partial charge on any atom is 0.268 e. The summed E-state index contributed by atoms with van der Waals surface area (Å²) >= 11 is 0. The Morgan fingerprint density at radius 1 is 1.07 bits per heavy atom. The standard InChI is InChI=1S/C23H28N2O3/c1-4-5-15-25-21-9-7-6-8-20(21)17(2)22(25)23(26)24-14-16-28-19-12-10-18(27-3)11-13-19/h6-13H,4-5,14-16H2,1-3H3,(H,24,26). The average Bonchev–Trinajstić information content (AvgIpc) is 3.02. The maximum absolute atomic E-state index is 12.9. The Morgan fingerprint density at radius 2 is 1.79 bits per heavy atom. The maximum atomic E-state index is 12.9. The normalized spacial score (nSPS) is 10.8. The number of fused-ring (bicyclic) bond motifs is 1. The molecule has 0 atom stereocenters. The highest BCUT2D eigenvalue weighted by atomic mass is 16.5. The molecule has 0 aliphatic rings. The van der Waals surface area contributed by atoms with Gasteiger partial charge in [0.25, 0.3) is 5.91 Å². The van der Waals surface area contributed by atoms with Crippen LogP contribution in [0.2, 0.25) is 0 Å². The summed E-state index contributed by atoms with van der Waals surface area (Å²) in [6.45, 7) is 5.88. The molecule has 148 valence electrons. The van der Waals surface area contributed by atoms with Crippen LogP contribution in [0.5, 0.6) is 11.5 Å². The summed E-state index contributed by atoms with van der Waals surface area (Å²) < 4.78 is 13.0. The molecule has 0 radical (unpaired) electrons. The van der Waals surface area contributed by atoms with Crippen LogP contribution in [-0.2, 0) is 6.54 Å². The van der Waals surface area contributed by atoms with Crippen LogP contribution in [0.4, 0.5) is 0 Å². The number of ether oxygens (including phenoxy) is 2. The Balaban J connectivity index is 1.66. The van der Waals surface area contributed by atoms with E-state index in [9.17, 15) is 4.79 Å². The van der Waals surface area contributed by atoms with Crippen LogP contribution < -0.4 is 14.8 Å². The van der Waals surface area contributed by atoms with Crippen molar-refractivity contribution in [3.8, 4) is 11.5 Å². The van der Waals surface area contributed by atoms with Crippen LogP contribution >= 0.6 is 0 Å². The molecule has 0 spiro atoms. The topological polar surface area (TPSA) is 52.5 Å². The van der Waals surface area contributed by atoms with Gasteiger partial charge in [0.15, 0.2) is 0 Å². The molecule has 0 saturated heterocycles. The van der Waals surface area contributed by atoms with Gasteiger partial charge < -0.3 is 19.4 Å². The molecule has 1 N–H and O–H groups in total. The second kappa shape index (κ2) is 9.31. The van der Waals surface area contributed by atoms with E-state index in [1.807, 2.05) is 43.3 Å². The van der Waals surface area contributed by atoms with E-state index >= 15 is 0 Å². The number of nitrogens with one attached hydrogen (secondary N) is 1. The SMILES string of the molecule is CCCCn1c(C(=O)NCCOc2ccc(OC)cc2)c(C)c2ccccc21. The first-order chi connectivity index (χ1) is 13.7. The Labute approximate surface area is 166 Å². The van der Waals surface area contributed by atoms with Crippen molar-refractivity contribution in [2.24, 2.45) is 0 Å². The summed E-state index contributed by atoms with van der Waals surface area (Å²) in [6, 6.07) is 15.6. The Kier molecular flexibility index (Phi) is 6.58. The van der Waals surface area contributed by atoms with Crippen molar-refractivity contribution in [1.82, 2.24) is 9.88 Å². The van der Waals surface area contributed by atoms with E-state index < -0.39 is 0 Å². The molecule has 3 aromatic rings. The first-order valence-corrected chi connectivity index (χ1v) is 9.78. The van der Waals surface area contributed by atoms with Crippen molar-refractivity contribution < 1.29 is 14.3 Å². The van der Waals surface area contributed by atoms with Gasteiger partial charge >= 0.3 is 0 Å². The summed E-state index contributed by atoms with van der Waals surface area (Å²) in [4.78, 5) is 12.9. The number of rotatable bonds is 9. The first-order valence-electron chi connectivity index (χ1n) is 9.78. The number of hydrogen-bond acceptors (Lipinski definition) is 3. The number of unbranched alkanes of at least 4 members (excludes halogenated alkanes) is 1. The van der Waals surface area contributed by atoms with E-state index in [1.54, 1.807) is 7.11 Å². The fourth-order valence-corrected chi connectivity index (χ4v) is 3.41. The van der Waals surface area contributed by atoms with Crippen LogP contribution in [0.3, 0.4) is 0 Å². The fourth-order valence-electron chi connectivity index (χ4n) is 3.41. The molecule has 1 amide bonds. The molecule has 0 fully saturated rings. The average molecular weight is 380 g/mol. The molecule has 0 aliphatic heterocycles. The summed E-state index contributed by atoms with van der Waals surface area (Å²) in [5, 5.41) is 4.14. The molecule has 1 heterocycles. The minimum atomic E-state index is -0.0527. The molecule has 5 nitrogen and oxygen atoms in total. The largest absolute Gasteiger partial charge is 0.497 e. The van der Waals surface area contributed by atoms with E-state index in [2.05, 4.69) is 28.9 Å². The molecular formula is C23H28N2O3. The lowest BCUT2D eigenvalue weighted by Gasteiger charge is -2.12. The number of nitrogens with zero attached hydrogens (tertiary/aromatic N) is 1. The quantitative estimate of drug-likeness (QED) is 0.553. The number of methoxy groups -OCH3 is 1. The molecular weight excluding hydrogens is 352 g/mol. The Bertz CT molecular complexity index is 929. The fraction of sp³-hybridized carbons (Fsp3) is 0.348. The van der Waals surface area contributed by atoms with Gasteiger partial charge in [0.1, 0.15) is 23.8 Å². The molecule has 5 heteroatoms. The van der Waals surface area contributed by atoms with Crippen LogP contribution in [0, 0.1) is 6.92 Å². The van der Waals surface area contributed by atoms with Gasteiger partial charge in [0.2, 0.25) is 0 Å². The second-order valence-electron chi connectivity index (χ2n) is 6.78. The lowest BCUT2D eigenvalue weighted by molar-refractivity contribution is 0.0937. The van der Waals surface area contributed by atoms with E-state index in [4.69, 9.17) is 9.47 Å². The number of carbonyl (C=O) groups excluding carboxylic acids is 1. The molecule has 0 saturated carbocycles. The Morgan fingerprint density at radius 3 is 2.50 bits per heavy atom. The predicted octanol–water partition coefficient (Wildman–Crippen LogP) is 4.57. The number of benzene rings is 2. The number of hydrogen-bond donors (Lipinski definition) is 1. The van der Waals surface area contributed by atoms with Gasteiger partial charge in [-0.15, -0.1) is 0 Å². The van der Waals surface area contributed by atoms with Crippen molar-refractivity contribution in [2.45, 2.75) is 33.2 Å². The third-order valence-electron chi connectivity index (χ3n) is 4.89. The summed E-state index contributed by atoms with van der Waals surface area (Å²) in [5.74, 6) is 1.49. The number of para-hydroxylation sites is 1. The van der Waals surface area contributed by atoms with E-state index in [0.717, 1.165) is 53.0 Å². The second-order valence-corrected chi connectivity index (χ2v) is 6.78. The smallest absolute Gasteiger partial charge is 0.268 e. The molecule has 3 rings (SSSR count). The van der Waals surface area contributed by atoms with Gasteiger partial charge in [0.05, 0.1) is 13.7 Å². The van der Waals surface area contributed by atoms with Crippen LogP contribution in [0.1, 0.15) is 35.8 Å². The highest BCUT2D eigenvalue weighted by Gasteiger charge is 2.19. The molecule has 1 aromatic heterocycles. The zero-order valence-electron chi connectivity index (χ0n) is 16.8. The molecule has 0 bridgehead atoms. The summed E-state index contributed by atoms with van der Waals surface area (Å²) in [6.07, 6.45) is 2.13. The van der Waals surface area contributed by atoms with Gasteiger partial charge in [-0.2, -0.15) is 0 Å². The molecule has 28 heavy (non-hydrogen) atoms. The first kappa shape index (κ1) is 19.8. The third kappa shape index (κ3) is 4.30.